The SMILES string of the molecule is Cc1c(Br)ccc2c1oc1c3ccccc3c3ccccc3c21. The first-order valence-corrected chi connectivity index (χ1v) is 8.46. The first-order valence-electron chi connectivity index (χ1n) is 7.66. The van der Waals surface area contributed by atoms with Crippen LogP contribution < -0.4 is 0 Å². The zero-order valence-electron chi connectivity index (χ0n) is 12.6. The largest absolute Gasteiger partial charge is 0.455 e. The number of rotatable bonds is 0. The first-order chi connectivity index (χ1) is 11.3. The topological polar surface area (TPSA) is 13.1 Å². The van der Waals surface area contributed by atoms with Crippen LogP contribution in [0.25, 0.3) is 43.5 Å². The molecule has 1 heterocycles. The minimum Gasteiger partial charge on any atom is -0.455 e. The van der Waals surface area contributed by atoms with Crippen molar-refractivity contribution in [3.8, 4) is 0 Å². The van der Waals surface area contributed by atoms with E-state index in [-0.39, 0.29) is 0 Å². The second-order valence-electron chi connectivity index (χ2n) is 5.95. The molecular formula is C21H13BrO. The Labute approximate surface area is 141 Å². The van der Waals surface area contributed by atoms with Gasteiger partial charge in [-0.3, -0.25) is 0 Å². The standard InChI is InChI=1S/C21H13BrO/c1-12-18(22)11-10-17-19-15-8-4-2-6-13(15)14-7-3-5-9-16(14)21(19)23-20(12)17/h2-11H,1H3. The zero-order chi connectivity index (χ0) is 15.6. The van der Waals surface area contributed by atoms with Gasteiger partial charge in [0.1, 0.15) is 11.2 Å². The van der Waals surface area contributed by atoms with E-state index in [1.54, 1.807) is 0 Å². The van der Waals surface area contributed by atoms with Crippen LogP contribution in [0.4, 0.5) is 0 Å². The van der Waals surface area contributed by atoms with Gasteiger partial charge in [0.2, 0.25) is 0 Å². The molecule has 0 amide bonds. The molecule has 0 aliphatic rings. The predicted octanol–water partition coefficient (Wildman–Crippen LogP) is 6.96. The van der Waals surface area contributed by atoms with Crippen LogP contribution in [0.5, 0.6) is 0 Å². The molecule has 4 aromatic carbocycles. The molecule has 110 valence electrons. The molecule has 0 radical (unpaired) electrons. The zero-order valence-corrected chi connectivity index (χ0v) is 14.1. The number of aryl methyl sites for hydroxylation is 1. The summed E-state index contributed by atoms with van der Waals surface area (Å²) >= 11 is 3.61. The lowest BCUT2D eigenvalue weighted by Gasteiger charge is -2.05. The van der Waals surface area contributed by atoms with Crippen molar-refractivity contribution in [2.24, 2.45) is 0 Å². The second kappa shape index (κ2) is 4.59. The van der Waals surface area contributed by atoms with Crippen molar-refractivity contribution in [3.63, 3.8) is 0 Å². The maximum absolute atomic E-state index is 6.36. The predicted molar refractivity (Wildman–Crippen MR) is 101 cm³/mol. The van der Waals surface area contributed by atoms with Gasteiger partial charge in [0.15, 0.2) is 0 Å². The fourth-order valence-electron chi connectivity index (χ4n) is 3.58. The van der Waals surface area contributed by atoms with Crippen LogP contribution in [-0.2, 0) is 0 Å². The van der Waals surface area contributed by atoms with Gasteiger partial charge in [-0.2, -0.15) is 0 Å². The maximum Gasteiger partial charge on any atom is 0.143 e. The lowest BCUT2D eigenvalue weighted by Crippen LogP contribution is -1.80. The van der Waals surface area contributed by atoms with Gasteiger partial charge in [0, 0.05) is 26.2 Å². The summed E-state index contributed by atoms with van der Waals surface area (Å²) in [6, 6.07) is 21.3. The van der Waals surface area contributed by atoms with E-state index >= 15 is 0 Å². The Morgan fingerprint density at radius 2 is 1.26 bits per heavy atom. The quantitative estimate of drug-likeness (QED) is 0.272. The molecule has 0 saturated carbocycles. The van der Waals surface area contributed by atoms with Crippen molar-refractivity contribution in [2.75, 3.05) is 0 Å². The van der Waals surface area contributed by atoms with Gasteiger partial charge in [-0.15, -0.1) is 0 Å². The summed E-state index contributed by atoms with van der Waals surface area (Å²) in [5, 5.41) is 7.34. The molecule has 0 bridgehead atoms. The fraction of sp³-hybridized carbons (Fsp3) is 0.0476. The van der Waals surface area contributed by atoms with Crippen molar-refractivity contribution in [3.05, 3.63) is 70.7 Å². The summed E-state index contributed by atoms with van der Waals surface area (Å²) in [7, 11) is 0. The summed E-state index contributed by atoms with van der Waals surface area (Å²) in [5.74, 6) is 0. The number of hydrogen-bond acceptors (Lipinski definition) is 1. The number of furan rings is 1. The van der Waals surface area contributed by atoms with E-state index in [9.17, 15) is 0 Å². The molecule has 0 atom stereocenters. The van der Waals surface area contributed by atoms with Crippen LogP contribution in [0, 0.1) is 6.92 Å². The van der Waals surface area contributed by atoms with E-state index in [1.807, 2.05) is 0 Å². The lowest BCUT2D eigenvalue weighted by molar-refractivity contribution is 0.669. The second-order valence-corrected chi connectivity index (χ2v) is 6.80. The number of fused-ring (bicyclic) bond motifs is 8. The van der Waals surface area contributed by atoms with Gasteiger partial charge in [-0.25, -0.2) is 0 Å². The summed E-state index contributed by atoms with van der Waals surface area (Å²) in [6.07, 6.45) is 0. The highest BCUT2D eigenvalue weighted by atomic mass is 79.9. The van der Waals surface area contributed by atoms with Crippen LogP contribution in [0.15, 0.2) is 69.6 Å². The third-order valence-corrected chi connectivity index (χ3v) is 5.56. The van der Waals surface area contributed by atoms with E-state index in [4.69, 9.17) is 4.42 Å². The Bertz CT molecular complexity index is 1230. The average Bonchev–Trinajstić information content (AvgIpc) is 2.99. The molecule has 0 saturated heterocycles. The molecule has 0 N–H and O–H groups in total. The molecule has 23 heavy (non-hydrogen) atoms. The van der Waals surface area contributed by atoms with Crippen molar-refractivity contribution in [1.82, 2.24) is 0 Å². The minimum atomic E-state index is 0.968. The molecule has 0 spiro atoms. The molecule has 5 rings (SSSR count). The molecular weight excluding hydrogens is 348 g/mol. The molecule has 0 aliphatic heterocycles. The minimum absolute atomic E-state index is 0.968. The highest BCUT2D eigenvalue weighted by molar-refractivity contribution is 9.10. The third-order valence-electron chi connectivity index (χ3n) is 4.70. The van der Waals surface area contributed by atoms with Gasteiger partial charge >= 0.3 is 0 Å². The summed E-state index contributed by atoms with van der Waals surface area (Å²) < 4.78 is 7.44. The van der Waals surface area contributed by atoms with Gasteiger partial charge in [0.05, 0.1) is 0 Å². The van der Waals surface area contributed by atoms with Gasteiger partial charge in [-0.05, 0) is 35.2 Å². The van der Waals surface area contributed by atoms with Crippen molar-refractivity contribution in [1.29, 1.82) is 0 Å². The summed E-state index contributed by atoms with van der Waals surface area (Å²) in [4.78, 5) is 0. The highest BCUT2D eigenvalue weighted by Crippen LogP contribution is 2.42. The van der Waals surface area contributed by atoms with Gasteiger partial charge in [-0.1, -0.05) is 64.5 Å². The number of benzene rings is 4. The third kappa shape index (κ3) is 1.67. The van der Waals surface area contributed by atoms with E-state index in [2.05, 4.69) is 83.5 Å². The van der Waals surface area contributed by atoms with Gasteiger partial charge < -0.3 is 4.42 Å². The number of halogens is 1. The van der Waals surface area contributed by atoms with Crippen LogP contribution in [-0.4, -0.2) is 0 Å². The van der Waals surface area contributed by atoms with Crippen LogP contribution in [0.2, 0.25) is 0 Å². The first kappa shape index (κ1) is 13.1. The maximum atomic E-state index is 6.36. The average molecular weight is 361 g/mol. The number of hydrogen-bond donors (Lipinski definition) is 0. The van der Waals surface area contributed by atoms with Gasteiger partial charge in [0.25, 0.3) is 0 Å². The van der Waals surface area contributed by atoms with E-state index in [0.717, 1.165) is 21.2 Å². The van der Waals surface area contributed by atoms with Crippen LogP contribution >= 0.6 is 15.9 Å². The van der Waals surface area contributed by atoms with Crippen molar-refractivity contribution in [2.45, 2.75) is 6.92 Å². The molecule has 0 fully saturated rings. The van der Waals surface area contributed by atoms with Crippen LogP contribution in [0.3, 0.4) is 0 Å². The van der Waals surface area contributed by atoms with E-state index < -0.39 is 0 Å². The Morgan fingerprint density at radius 3 is 2.00 bits per heavy atom. The molecule has 2 heteroatoms. The molecule has 0 unspecified atom stereocenters. The van der Waals surface area contributed by atoms with Crippen molar-refractivity contribution >= 4 is 59.4 Å². The molecule has 1 nitrogen and oxygen atoms in total. The summed E-state index contributed by atoms with van der Waals surface area (Å²) in [6.45, 7) is 2.10. The molecule has 1 aromatic heterocycles. The Balaban J connectivity index is 2.21. The smallest absolute Gasteiger partial charge is 0.143 e. The normalized spacial score (nSPS) is 11.9. The van der Waals surface area contributed by atoms with Crippen LogP contribution in [0.1, 0.15) is 5.56 Å². The Kier molecular flexibility index (Phi) is 2.62. The highest BCUT2D eigenvalue weighted by Gasteiger charge is 2.16. The fourth-order valence-corrected chi connectivity index (χ4v) is 3.89. The molecule has 5 aromatic rings. The summed E-state index contributed by atoms with van der Waals surface area (Å²) in [5.41, 5.74) is 3.10. The van der Waals surface area contributed by atoms with E-state index in [1.165, 1.54) is 32.3 Å². The lowest BCUT2D eigenvalue weighted by atomic mass is 9.97. The van der Waals surface area contributed by atoms with Crippen molar-refractivity contribution < 1.29 is 4.42 Å². The molecule has 0 aliphatic carbocycles. The monoisotopic (exact) mass is 360 g/mol. The van der Waals surface area contributed by atoms with E-state index in [0.29, 0.717) is 0 Å². The Morgan fingerprint density at radius 1 is 0.652 bits per heavy atom. The Hall–Kier alpha value is -2.32.